The molecule has 0 saturated carbocycles. The Morgan fingerprint density at radius 2 is 2.05 bits per heavy atom. The summed E-state index contributed by atoms with van der Waals surface area (Å²) in [6.07, 6.45) is 0. The Kier molecular flexibility index (Phi) is 3.67. The summed E-state index contributed by atoms with van der Waals surface area (Å²) in [6, 6.07) is 13.0. The molecule has 1 heterocycles. The molecule has 19 heavy (non-hydrogen) atoms. The van der Waals surface area contributed by atoms with Crippen molar-refractivity contribution < 1.29 is 4.39 Å². The Hall–Kier alpha value is -1.19. The van der Waals surface area contributed by atoms with E-state index in [1.165, 1.54) is 17.2 Å². The second-order valence-corrected chi connectivity index (χ2v) is 6.00. The molecule has 0 aliphatic carbocycles. The summed E-state index contributed by atoms with van der Waals surface area (Å²) in [5.41, 5.74) is 3.04. The molecule has 4 heteroatoms. The number of thioether (sulfide) groups is 1. The third-order valence-corrected chi connectivity index (χ3v) is 4.55. The largest absolute Gasteiger partial charge is 0.375 e. The zero-order chi connectivity index (χ0) is 13.2. The SMILES string of the molecule is Fc1ccc(Cl)cc1NC1CSCc2ccccc21. The van der Waals surface area contributed by atoms with Crippen LogP contribution in [0.4, 0.5) is 10.1 Å². The second-order valence-electron chi connectivity index (χ2n) is 4.54. The molecule has 0 fully saturated rings. The number of rotatable bonds is 2. The highest BCUT2D eigenvalue weighted by Crippen LogP contribution is 2.34. The summed E-state index contributed by atoms with van der Waals surface area (Å²) >= 11 is 7.78. The molecule has 2 aromatic carbocycles. The number of halogens is 2. The van der Waals surface area contributed by atoms with E-state index in [9.17, 15) is 4.39 Å². The first kappa shape index (κ1) is 12.8. The van der Waals surface area contributed by atoms with Crippen LogP contribution in [0.15, 0.2) is 42.5 Å². The van der Waals surface area contributed by atoms with Crippen LogP contribution in [0.2, 0.25) is 5.02 Å². The highest BCUT2D eigenvalue weighted by molar-refractivity contribution is 7.98. The molecule has 0 aromatic heterocycles. The van der Waals surface area contributed by atoms with Crippen molar-refractivity contribution in [3.63, 3.8) is 0 Å². The van der Waals surface area contributed by atoms with Gasteiger partial charge in [0.25, 0.3) is 0 Å². The fourth-order valence-corrected chi connectivity index (χ4v) is 3.57. The Morgan fingerprint density at radius 3 is 2.95 bits per heavy atom. The zero-order valence-corrected chi connectivity index (χ0v) is 11.8. The predicted molar refractivity (Wildman–Crippen MR) is 80.4 cm³/mol. The summed E-state index contributed by atoms with van der Waals surface area (Å²) < 4.78 is 13.8. The van der Waals surface area contributed by atoms with Gasteiger partial charge >= 0.3 is 0 Å². The maximum absolute atomic E-state index is 13.8. The molecule has 0 bridgehead atoms. The van der Waals surface area contributed by atoms with Gasteiger partial charge in [-0.15, -0.1) is 0 Å². The molecule has 0 radical (unpaired) electrons. The molecule has 3 rings (SSSR count). The lowest BCUT2D eigenvalue weighted by molar-refractivity contribution is 0.627. The molecule has 0 spiro atoms. The highest BCUT2D eigenvalue weighted by Gasteiger charge is 2.20. The van der Waals surface area contributed by atoms with E-state index in [0.29, 0.717) is 10.7 Å². The minimum Gasteiger partial charge on any atom is -0.375 e. The summed E-state index contributed by atoms with van der Waals surface area (Å²) in [6.45, 7) is 0. The minimum absolute atomic E-state index is 0.128. The van der Waals surface area contributed by atoms with Gasteiger partial charge < -0.3 is 5.32 Å². The van der Waals surface area contributed by atoms with Crippen LogP contribution >= 0.6 is 23.4 Å². The highest BCUT2D eigenvalue weighted by atomic mass is 35.5. The zero-order valence-electron chi connectivity index (χ0n) is 10.2. The Morgan fingerprint density at radius 1 is 1.21 bits per heavy atom. The van der Waals surface area contributed by atoms with Crippen LogP contribution in [0.3, 0.4) is 0 Å². The number of hydrogen-bond acceptors (Lipinski definition) is 2. The monoisotopic (exact) mass is 293 g/mol. The Bertz CT molecular complexity index is 602. The maximum Gasteiger partial charge on any atom is 0.146 e. The molecule has 1 nitrogen and oxygen atoms in total. The lowest BCUT2D eigenvalue weighted by atomic mass is 10.0. The third kappa shape index (κ3) is 2.72. The van der Waals surface area contributed by atoms with Gasteiger partial charge in [-0.25, -0.2) is 4.39 Å². The van der Waals surface area contributed by atoms with E-state index in [-0.39, 0.29) is 11.9 Å². The van der Waals surface area contributed by atoms with E-state index in [1.807, 2.05) is 23.9 Å². The summed E-state index contributed by atoms with van der Waals surface area (Å²) in [5.74, 6) is 1.69. The van der Waals surface area contributed by atoms with Crippen LogP contribution < -0.4 is 5.32 Å². The van der Waals surface area contributed by atoms with Gasteiger partial charge in [0.2, 0.25) is 0 Å². The molecular formula is C15H13ClFNS. The van der Waals surface area contributed by atoms with Crippen LogP contribution in [-0.2, 0) is 5.75 Å². The van der Waals surface area contributed by atoms with Crippen molar-refractivity contribution in [2.75, 3.05) is 11.1 Å². The Balaban J connectivity index is 1.90. The summed E-state index contributed by atoms with van der Waals surface area (Å²) in [4.78, 5) is 0. The van der Waals surface area contributed by atoms with Gasteiger partial charge in [0.1, 0.15) is 5.82 Å². The van der Waals surface area contributed by atoms with Crippen molar-refractivity contribution in [1.29, 1.82) is 0 Å². The fraction of sp³-hybridized carbons (Fsp3) is 0.200. The maximum atomic E-state index is 13.8. The van der Waals surface area contributed by atoms with Crippen molar-refractivity contribution in [3.8, 4) is 0 Å². The average molecular weight is 294 g/mol. The normalized spacial score (nSPS) is 17.9. The lowest BCUT2D eigenvalue weighted by Gasteiger charge is -2.27. The first-order valence-corrected chi connectivity index (χ1v) is 7.64. The van der Waals surface area contributed by atoms with Crippen molar-refractivity contribution in [2.45, 2.75) is 11.8 Å². The lowest BCUT2D eigenvalue weighted by Crippen LogP contribution is -2.19. The molecule has 1 atom stereocenters. The van der Waals surface area contributed by atoms with Gasteiger partial charge in [-0.3, -0.25) is 0 Å². The van der Waals surface area contributed by atoms with Crippen molar-refractivity contribution in [3.05, 3.63) is 64.4 Å². The third-order valence-electron chi connectivity index (χ3n) is 3.23. The van der Waals surface area contributed by atoms with Crippen LogP contribution in [0, 0.1) is 5.82 Å². The topological polar surface area (TPSA) is 12.0 Å². The molecule has 0 amide bonds. The van der Waals surface area contributed by atoms with Crippen LogP contribution in [0.5, 0.6) is 0 Å². The van der Waals surface area contributed by atoms with Crippen LogP contribution in [-0.4, -0.2) is 5.75 Å². The van der Waals surface area contributed by atoms with E-state index in [2.05, 4.69) is 17.4 Å². The van der Waals surface area contributed by atoms with Crippen LogP contribution in [0.1, 0.15) is 17.2 Å². The van der Waals surface area contributed by atoms with E-state index in [0.717, 1.165) is 11.5 Å². The van der Waals surface area contributed by atoms with Crippen LogP contribution in [0.25, 0.3) is 0 Å². The van der Waals surface area contributed by atoms with Gasteiger partial charge in [-0.1, -0.05) is 35.9 Å². The molecule has 1 N–H and O–H groups in total. The van der Waals surface area contributed by atoms with E-state index >= 15 is 0 Å². The minimum atomic E-state index is -0.266. The molecule has 0 saturated heterocycles. The molecule has 2 aromatic rings. The average Bonchev–Trinajstić information content (AvgIpc) is 2.43. The Labute approximate surface area is 121 Å². The molecule has 1 aliphatic heterocycles. The molecule has 1 unspecified atom stereocenters. The standard InChI is InChI=1S/C15H13ClFNS/c16-11-5-6-13(17)14(7-11)18-15-9-19-8-10-3-1-2-4-12(10)15/h1-7,15,18H,8-9H2. The van der Waals surface area contributed by atoms with Gasteiger partial charge in [-0.2, -0.15) is 11.8 Å². The van der Waals surface area contributed by atoms with E-state index in [1.54, 1.807) is 12.1 Å². The first-order chi connectivity index (χ1) is 9.24. The molecule has 98 valence electrons. The first-order valence-electron chi connectivity index (χ1n) is 6.11. The molecular weight excluding hydrogens is 281 g/mol. The van der Waals surface area contributed by atoms with Crippen molar-refractivity contribution in [2.24, 2.45) is 0 Å². The second kappa shape index (κ2) is 5.43. The van der Waals surface area contributed by atoms with Gasteiger partial charge in [-0.05, 0) is 29.3 Å². The van der Waals surface area contributed by atoms with E-state index < -0.39 is 0 Å². The van der Waals surface area contributed by atoms with Gasteiger partial charge in [0.15, 0.2) is 0 Å². The fourth-order valence-electron chi connectivity index (χ4n) is 2.30. The number of fused-ring (bicyclic) bond motifs is 1. The number of hydrogen-bond donors (Lipinski definition) is 1. The predicted octanol–water partition coefficient (Wildman–Crippen LogP) is 4.88. The summed E-state index contributed by atoms with van der Waals surface area (Å²) in [7, 11) is 0. The van der Waals surface area contributed by atoms with Gasteiger partial charge in [0, 0.05) is 16.5 Å². The van der Waals surface area contributed by atoms with Crippen molar-refractivity contribution in [1.82, 2.24) is 0 Å². The summed E-state index contributed by atoms with van der Waals surface area (Å²) in [5, 5.41) is 3.81. The molecule has 1 aliphatic rings. The number of benzene rings is 2. The van der Waals surface area contributed by atoms with Gasteiger partial charge in [0.05, 0.1) is 11.7 Å². The quantitative estimate of drug-likeness (QED) is 0.847. The smallest absolute Gasteiger partial charge is 0.146 e. The number of anilines is 1. The van der Waals surface area contributed by atoms with E-state index in [4.69, 9.17) is 11.6 Å². The van der Waals surface area contributed by atoms with Crippen molar-refractivity contribution >= 4 is 29.1 Å². The number of nitrogens with one attached hydrogen (secondary N) is 1.